The molecule has 0 bridgehead atoms. The average molecular weight is 854 g/mol. The molecule has 2 aromatic heterocycles. The second-order valence-corrected chi connectivity index (χ2v) is 17.1. The van der Waals surface area contributed by atoms with Crippen molar-refractivity contribution in [3.8, 4) is 89.8 Å². The predicted molar refractivity (Wildman–Crippen MR) is 275 cm³/mol. The standard InChI is InChI=1S/C64H43N3/c1-5-20-44(21-6-1)52-41-59(65-60(42-52)50-29-18-30-51(39-50)63-66-61(45-22-7-2-8-23-45)43-62(67-63)46-24-9-3-10-25-46)49-28-17-26-47(38-49)48-27-19-33-54(40-48)64(53-31-11-4-12-32-53)57-36-15-13-34-55(57)56-35-14-16-37-58(56)64/h1-43H. The Morgan fingerprint density at radius 1 is 0.224 bits per heavy atom. The van der Waals surface area contributed by atoms with Gasteiger partial charge in [-0.25, -0.2) is 15.0 Å². The summed E-state index contributed by atoms with van der Waals surface area (Å²) in [7, 11) is 0. The van der Waals surface area contributed by atoms with Crippen LogP contribution in [0.15, 0.2) is 261 Å². The van der Waals surface area contributed by atoms with Gasteiger partial charge in [0.15, 0.2) is 5.82 Å². The van der Waals surface area contributed by atoms with Crippen LogP contribution in [0.3, 0.4) is 0 Å². The molecular weight excluding hydrogens is 811 g/mol. The number of hydrogen-bond donors (Lipinski definition) is 0. The fraction of sp³-hybridized carbons (Fsp3) is 0.0156. The van der Waals surface area contributed by atoms with E-state index in [4.69, 9.17) is 15.0 Å². The molecule has 0 N–H and O–H groups in total. The predicted octanol–water partition coefficient (Wildman–Crippen LogP) is 15.9. The van der Waals surface area contributed by atoms with Crippen LogP contribution in [0.25, 0.3) is 89.8 Å². The van der Waals surface area contributed by atoms with Gasteiger partial charge in [0.05, 0.1) is 28.2 Å². The van der Waals surface area contributed by atoms with Gasteiger partial charge in [-0.05, 0) is 92.0 Å². The van der Waals surface area contributed by atoms with Gasteiger partial charge < -0.3 is 0 Å². The van der Waals surface area contributed by atoms with Gasteiger partial charge in [0.25, 0.3) is 0 Å². The molecule has 67 heavy (non-hydrogen) atoms. The topological polar surface area (TPSA) is 38.7 Å². The number of pyridine rings is 1. The van der Waals surface area contributed by atoms with Gasteiger partial charge in [-0.3, -0.25) is 0 Å². The minimum atomic E-state index is -0.478. The second kappa shape index (κ2) is 17.0. The van der Waals surface area contributed by atoms with Gasteiger partial charge >= 0.3 is 0 Å². The van der Waals surface area contributed by atoms with Crippen molar-refractivity contribution in [2.24, 2.45) is 0 Å². The van der Waals surface area contributed by atoms with Crippen molar-refractivity contribution in [2.75, 3.05) is 0 Å². The lowest BCUT2D eigenvalue weighted by Crippen LogP contribution is -2.28. The molecule has 0 saturated heterocycles. The van der Waals surface area contributed by atoms with E-state index >= 15 is 0 Å². The maximum atomic E-state index is 5.44. The van der Waals surface area contributed by atoms with Crippen molar-refractivity contribution in [3.63, 3.8) is 0 Å². The van der Waals surface area contributed by atoms with Gasteiger partial charge in [-0.15, -0.1) is 0 Å². The first-order chi connectivity index (χ1) is 33.2. The zero-order valence-electron chi connectivity index (χ0n) is 36.7. The average Bonchev–Trinajstić information content (AvgIpc) is 3.73. The molecule has 2 heterocycles. The van der Waals surface area contributed by atoms with E-state index in [0.29, 0.717) is 5.82 Å². The van der Waals surface area contributed by atoms with Crippen molar-refractivity contribution in [1.82, 2.24) is 15.0 Å². The summed E-state index contributed by atoms with van der Waals surface area (Å²) in [6, 6.07) is 93.0. The quantitative estimate of drug-likeness (QED) is 0.145. The molecule has 0 unspecified atom stereocenters. The highest BCUT2D eigenvalue weighted by Gasteiger charge is 2.45. The molecule has 9 aromatic carbocycles. The lowest BCUT2D eigenvalue weighted by molar-refractivity contribution is 0.769. The Bertz CT molecular complexity index is 3460. The van der Waals surface area contributed by atoms with E-state index in [-0.39, 0.29) is 0 Å². The van der Waals surface area contributed by atoms with Crippen LogP contribution >= 0.6 is 0 Å². The molecule has 0 atom stereocenters. The Kier molecular flexibility index (Phi) is 10.1. The van der Waals surface area contributed by atoms with E-state index in [1.165, 1.54) is 33.4 Å². The monoisotopic (exact) mass is 853 g/mol. The van der Waals surface area contributed by atoms with E-state index in [9.17, 15) is 0 Å². The highest BCUT2D eigenvalue weighted by molar-refractivity contribution is 5.87. The maximum Gasteiger partial charge on any atom is 0.160 e. The molecule has 0 fully saturated rings. The summed E-state index contributed by atoms with van der Waals surface area (Å²) in [4.78, 5) is 15.7. The van der Waals surface area contributed by atoms with Crippen molar-refractivity contribution in [3.05, 3.63) is 283 Å². The van der Waals surface area contributed by atoms with E-state index < -0.39 is 5.41 Å². The zero-order valence-corrected chi connectivity index (χ0v) is 36.7. The lowest BCUT2D eigenvalue weighted by atomic mass is 9.67. The van der Waals surface area contributed by atoms with Crippen LogP contribution in [0.5, 0.6) is 0 Å². The van der Waals surface area contributed by atoms with Gasteiger partial charge in [-0.1, -0.05) is 224 Å². The molecule has 12 rings (SSSR count). The fourth-order valence-electron chi connectivity index (χ4n) is 10.0. The first-order valence-corrected chi connectivity index (χ1v) is 22.8. The maximum absolute atomic E-state index is 5.44. The second-order valence-electron chi connectivity index (χ2n) is 17.1. The molecule has 0 radical (unpaired) electrons. The molecule has 1 aliphatic carbocycles. The van der Waals surface area contributed by atoms with Crippen molar-refractivity contribution in [2.45, 2.75) is 5.41 Å². The Hall–Kier alpha value is -8.79. The molecule has 0 amide bonds. The molecular formula is C64H43N3. The number of aromatic nitrogens is 3. The molecule has 1 aliphatic rings. The van der Waals surface area contributed by atoms with Crippen LogP contribution in [-0.4, -0.2) is 15.0 Å². The van der Waals surface area contributed by atoms with Crippen LogP contribution in [0.1, 0.15) is 22.3 Å². The third-order valence-electron chi connectivity index (χ3n) is 13.2. The largest absolute Gasteiger partial charge is 0.248 e. The third kappa shape index (κ3) is 7.24. The van der Waals surface area contributed by atoms with Crippen LogP contribution < -0.4 is 0 Å². The Morgan fingerprint density at radius 3 is 1.18 bits per heavy atom. The first kappa shape index (κ1) is 39.8. The molecule has 3 heteroatoms. The number of hydrogen-bond acceptors (Lipinski definition) is 3. The molecule has 11 aromatic rings. The normalized spacial score (nSPS) is 12.3. The van der Waals surface area contributed by atoms with E-state index in [1.54, 1.807) is 0 Å². The summed E-state index contributed by atoms with van der Waals surface area (Å²) in [6.45, 7) is 0. The Labute approximate surface area is 391 Å². The Balaban J connectivity index is 0.970. The van der Waals surface area contributed by atoms with E-state index in [0.717, 1.165) is 72.8 Å². The van der Waals surface area contributed by atoms with Gasteiger partial charge in [0.1, 0.15) is 0 Å². The van der Waals surface area contributed by atoms with Crippen LogP contribution in [0.2, 0.25) is 0 Å². The minimum Gasteiger partial charge on any atom is -0.248 e. The molecule has 3 nitrogen and oxygen atoms in total. The summed E-state index contributed by atoms with van der Waals surface area (Å²) < 4.78 is 0. The number of benzene rings is 9. The summed E-state index contributed by atoms with van der Waals surface area (Å²) in [5.41, 5.74) is 20.2. The van der Waals surface area contributed by atoms with Crippen molar-refractivity contribution < 1.29 is 0 Å². The van der Waals surface area contributed by atoms with E-state index in [2.05, 4.69) is 224 Å². The summed E-state index contributed by atoms with van der Waals surface area (Å²) in [6.07, 6.45) is 0. The van der Waals surface area contributed by atoms with Crippen LogP contribution in [0, 0.1) is 0 Å². The molecule has 0 aliphatic heterocycles. The Morgan fingerprint density at radius 2 is 0.612 bits per heavy atom. The highest BCUT2D eigenvalue weighted by Crippen LogP contribution is 2.56. The molecule has 0 spiro atoms. The SMILES string of the molecule is c1ccc(-c2cc(-c3cccc(-c4cccc(C5(c6ccccc6)c6ccccc6-c6ccccc65)c4)c3)nc(-c3cccc(-c4nc(-c5ccccc5)cc(-c5ccccc5)n4)c3)c2)cc1. The summed E-state index contributed by atoms with van der Waals surface area (Å²) in [5, 5.41) is 0. The number of nitrogens with zero attached hydrogens (tertiary/aromatic N) is 3. The first-order valence-electron chi connectivity index (χ1n) is 22.8. The number of fused-ring (bicyclic) bond motifs is 3. The van der Waals surface area contributed by atoms with Crippen molar-refractivity contribution in [1.29, 1.82) is 0 Å². The zero-order chi connectivity index (χ0) is 44.6. The van der Waals surface area contributed by atoms with E-state index in [1.807, 2.05) is 36.4 Å². The third-order valence-corrected chi connectivity index (χ3v) is 13.2. The fourth-order valence-corrected chi connectivity index (χ4v) is 10.0. The van der Waals surface area contributed by atoms with Crippen LogP contribution in [-0.2, 0) is 5.41 Å². The molecule has 314 valence electrons. The minimum absolute atomic E-state index is 0.478. The lowest BCUT2D eigenvalue weighted by Gasteiger charge is -2.34. The summed E-state index contributed by atoms with van der Waals surface area (Å²) >= 11 is 0. The van der Waals surface area contributed by atoms with Gasteiger partial charge in [0.2, 0.25) is 0 Å². The number of rotatable bonds is 9. The smallest absolute Gasteiger partial charge is 0.160 e. The van der Waals surface area contributed by atoms with Gasteiger partial charge in [0, 0.05) is 27.8 Å². The van der Waals surface area contributed by atoms with Crippen LogP contribution in [0.4, 0.5) is 0 Å². The molecule has 0 saturated carbocycles. The van der Waals surface area contributed by atoms with Gasteiger partial charge in [-0.2, -0.15) is 0 Å². The highest BCUT2D eigenvalue weighted by atomic mass is 14.9. The summed E-state index contributed by atoms with van der Waals surface area (Å²) in [5.74, 6) is 0.662. The van der Waals surface area contributed by atoms with Crippen molar-refractivity contribution >= 4 is 0 Å².